The predicted molar refractivity (Wildman–Crippen MR) is 87.5 cm³/mol. The molecule has 0 fully saturated rings. The van der Waals surface area contributed by atoms with Gasteiger partial charge in [0.05, 0.1) is 11.5 Å². The number of Topliss-reactive ketones (excluding diaryl/α,β-unsaturated/α-hetero) is 2. The van der Waals surface area contributed by atoms with Crippen molar-refractivity contribution in [2.45, 2.75) is 20.0 Å². The predicted octanol–water partition coefficient (Wildman–Crippen LogP) is 3.89. The van der Waals surface area contributed by atoms with Gasteiger partial charge in [0.2, 0.25) is 0 Å². The Labute approximate surface area is 138 Å². The van der Waals surface area contributed by atoms with E-state index in [9.17, 15) is 14.7 Å². The van der Waals surface area contributed by atoms with Gasteiger partial charge in [-0.2, -0.15) is 0 Å². The van der Waals surface area contributed by atoms with Crippen molar-refractivity contribution in [2.75, 3.05) is 0 Å². The molecule has 1 aromatic carbocycles. The van der Waals surface area contributed by atoms with Crippen molar-refractivity contribution in [3.8, 4) is 5.75 Å². The Balaban J connectivity index is 2.08. The highest BCUT2D eigenvalue weighted by molar-refractivity contribution is 7.10. The van der Waals surface area contributed by atoms with Crippen molar-refractivity contribution in [1.29, 1.82) is 0 Å². The molecule has 2 aromatic rings. The van der Waals surface area contributed by atoms with Crippen LogP contribution in [0.5, 0.6) is 5.75 Å². The number of para-hydroxylation sites is 1. The molecule has 1 aromatic heterocycles. The van der Waals surface area contributed by atoms with Crippen LogP contribution in [-0.4, -0.2) is 16.7 Å². The minimum atomic E-state index is -0.737. The molecule has 3 rings (SSSR count). The van der Waals surface area contributed by atoms with Crippen LogP contribution in [-0.2, 0) is 9.53 Å². The van der Waals surface area contributed by atoms with Gasteiger partial charge in [-0.15, -0.1) is 11.3 Å². The van der Waals surface area contributed by atoms with E-state index in [4.69, 9.17) is 4.74 Å². The number of aromatic hydroxyl groups is 1. The second-order valence-corrected chi connectivity index (χ2v) is 6.42. The number of allylic oxidation sites excluding steroid dienone is 1. The molecule has 1 aliphatic heterocycles. The number of ketones is 2. The fourth-order valence-corrected chi connectivity index (χ4v) is 3.74. The number of rotatable bonds is 4. The van der Waals surface area contributed by atoms with E-state index >= 15 is 0 Å². The average Bonchev–Trinajstić information content (AvgIpc) is 3.14. The Morgan fingerprint density at radius 2 is 1.91 bits per heavy atom. The van der Waals surface area contributed by atoms with E-state index in [1.807, 2.05) is 17.5 Å². The molecule has 0 unspecified atom stereocenters. The second kappa shape index (κ2) is 6.01. The van der Waals surface area contributed by atoms with E-state index in [1.165, 1.54) is 24.3 Å². The van der Waals surface area contributed by atoms with E-state index in [0.717, 1.165) is 4.88 Å². The molecule has 2 atom stereocenters. The highest BCUT2D eigenvalue weighted by Gasteiger charge is 2.44. The van der Waals surface area contributed by atoms with Gasteiger partial charge < -0.3 is 9.84 Å². The lowest BCUT2D eigenvalue weighted by atomic mass is 9.84. The van der Waals surface area contributed by atoms with Gasteiger partial charge in [-0.05, 0) is 37.4 Å². The highest BCUT2D eigenvalue weighted by atomic mass is 32.1. The lowest BCUT2D eigenvalue weighted by Crippen LogP contribution is -2.23. The molecule has 1 aliphatic rings. The van der Waals surface area contributed by atoms with Crippen LogP contribution in [0.25, 0.3) is 0 Å². The van der Waals surface area contributed by atoms with Gasteiger partial charge in [0.25, 0.3) is 0 Å². The van der Waals surface area contributed by atoms with Crippen LogP contribution < -0.4 is 0 Å². The van der Waals surface area contributed by atoms with Crippen molar-refractivity contribution in [2.24, 2.45) is 5.92 Å². The number of benzene rings is 1. The highest BCUT2D eigenvalue weighted by Crippen LogP contribution is 2.45. The summed E-state index contributed by atoms with van der Waals surface area (Å²) in [5.74, 6) is -0.835. The van der Waals surface area contributed by atoms with Gasteiger partial charge in [0, 0.05) is 10.5 Å². The molecule has 4 nitrogen and oxygen atoms in total. The summed E-state index contributed by atoms with van der Waals surface area (Å²) in [5.41, 5.74) is 0.591. The Morgan fingerprint density at radius 3 is 2.52 bits per heavy atom. The van der Waals surface area contributed by atoms with Gasteiger partial charge in [-0.3, -0.25) is 9.59 Å². The van der Waals surface area contributed by atoms with Crippen LogP contribution in [0.4, 0.5) is 0 Å². The first-order valence-electron chi connectivity index (χ1n) is 7.24. The fourth-order valence-electron chi connectivity index (χ4n) is 2.95. The number of phenols is 1. The number of ether oxygens (including phenoxy) is 1. The standard InChI is InChI=1S/C18H16O4S/c1-10(19)15-11(2)22-18(14-8-5-9-23-14)16(15)17(21)12-6-3-4-7-13(12)20/h3-9,16,18,20H,1-2H3/t16-,18+/m0/s1. The molecular formula is C18H16O4S. The molecule has 23 heavy (non-hydrogen) atoms. The smallest absolute Gasteiger partial charge is 0.178 e. The van der Waals surface area contributed by atoms with Gasteiger partial charge in [0.15, 0.2) is 11.6 Å². The first-order chi connectivity index (χ1) is 11.0. The number of carbonyl (C=O) groups excluding carboxylic acids is 2. The maximum absolute atomic E-state index is 13.0. The molecule has 2 heterocycles. The van der Waals surface area contributed by atoms with Crippen molar-refractivity contribution in [3.63, 3.8) is 0 Å². The molecule has 0 amide bonds. The Morgan fingerprint density at radius 1 is 1.17 bits per heavy atom. The summed E-state index contributed by atoms with van der Waals surface area (Å²) in [5, 5.41) is 11.9. The van der Waals surface area contributed by atoms with Crippen LogP contribution in [0, 0.1) is 5.92 Å². The summed E-state index contributed by atoms with van der Waals surface area (Å²) in [6.45, 7) is 3.14. The van der Waals surface area contributed by atoms with Crippen molar-refractivity contribution < 1.29 is 19.4 Å². The van der Waals surface area contributed by atoms with Crippen LogP contribution in [0.3, 0.4) is 0 Å². The molecule has 118 valence electrons. The van der Waals surface area contributed by atoms with Gasteiger partial charge in [-0.25, -0.2) is 0 Å². The number of carbonyl (C=O) groups is 2. The van der Waals surface area contributed by atoms with Gasteiger partial charge in [-0.1, -0.05) is 18.2 Å². The van der Waals surface area contributed by atoms with Crippen LogP contribution >= 0.6 is 11.3 Å². The lowest BCUT2D eigenvalue weighted by molar-refractivity contribution is -0.114. The van der Waals surface area contributed by atoms with Gasteiger partial charge >= 0.3 is 0 Å². The Bertz CT molecular complexity index is 789. The Kier molecular flexibility index (Phi) is 4.05. The molecule has 0 aliphatic carbocycles. The third-order valence-electron chi connectivity index (χ3n) is 3.95. The minimum Gasteiger partial charge on any atom is -0.507 e. The zero-order chi connectivity index (χ0) is 16.6. The fraction of sp³-hybridized carbons (Fsp3) is 0.222. The summed E-state index contributed by atoms with van der Waals surface area (Å²) in [7, 11) is 0. The van der Waals surface area contributed by atoms with E-state index in [-0.39, 0.29) is 22.9 Å². The molecular weight excluding hydrogens is 312 g/mol. The van der Waals surface area contributed by atoms with Gasteiger partial charge in [0.1, 0.15) is 17.6 Å². The van der Waals surface area contributed by atoms with Crippen molar-refractivity contribution in [1.82, 2.24) is 0 Å². The maximum Gasteiger partial charge on any atom is 0.178 e. The molecule has 0 radical (unpaired) electrons. The van der Waals surface area contributed by atoms with E-state index < -0.39 is 12.0 Å². The number of hydrogen-bond donors (Lipinski definition) is 1. The minimum absolute atomic E-state index is 0.0881. The van der Waals surface area contributed by atoms with Crippen molar-refractivity contribution >= 4 is 22.9 Å². The van der Waals surface area contributed by atoms with E-state index in [2.05, 4.69) is 0 Å². The maximum atomic E-state index is 13.0. The summed E-state index contributed by atoms with van der Waals surface area (Å²) in [6, 6.07) is 10.1. The van der Waals surface area contributed by atoms with Crippen LogP contribution in [0.2, 0.25) is 0 Å². The lowest BCUT2D eigenvalue weighted by Gasteiger charge is -2.19. The molecule has 0 bridgehead atoms. The first-order valence-corrected chi connectivity index (χ1v) is 8.12. The molecule has 0 spiro atoms. The summed E-state index contributed by atoms with van der Waals surface area (Å²) in [4.78, 5) is 25.9. The zero-order valence-electron chi connectivity index (χ0n) is 12.8. The average molecular weight is 328 g/mol. The van der Waals surface area contributed by atoms with E-state index in [0.29, 0.717) is 11.3 Å². The summed E-state index contributed by atoms with van der Waals surface area (Å²) >= 11 is 1.48. The quantitative estimate of drug-likeness (QED) is 0.865. The topological polar surface area (TPSA) is 63.6 Å². The Hall–Kier alpha value is -2.40. The number of phenolic OH excluding ortho intramolecular Hbond substituents is 1. The monoisotopic (exact) mass is 328 g/mol. The molecule has 0 saturated heterocycles. The second-order valence-electron chi connectivity index (χ2n) is 5.44. The zero-order valence-corrected chi connectivity index (χ0v) is 13.6. The molecule has 1 N–H and O–H groups in total. The summed E-state index contributed by atoms with van der Waals surface area (Å²) in [6.07, 6.45) is -0.527. The van der Waals surface area contributed by atoms with Crippen LogP contribution in [0.1, 0.15) is 35.2 Å². The third-order valence-corrected chi connectivity index (χ3v) is 4.89. The summed E-state index contributed by atoms with van der Waals surface area (Å²) < 4.78 is 5.84. The normalized spacial score (nSPS) is 20.4. The molecule has 5 heteroatoms. The number of hydrogen-bond acceptors (Lipinski definition) is 5. The SMILES string of the molecule is CC(=O)C1=C(C)O[C@H](c2cccs2)[C@@H]1C(=O)c1ccccc1O. The third kappa shape index (κ3) is 2.68. The molecule has 0 saturated carbocycles. The first kappa shape index (κ1) is 15.5. The number of thiophene rings is 1. The largest absolute Gasteiger partial charge is 0.507 e. The van der Waals surface area contributed by atoms with E-state index in [1.54, 1.807) is 25.1 Å². The van der Waals surface area contributed by atoms with Crippen LogP contribution in [0.15, 0.2) is 53.1 Å². The van der Waals surface area contributed by atoms with Crippen molar-refractivity contribution in [3.05, 3.63) is 63.6 Å².